The minimum Gasteiger partial charge on any atom is -0.495 e. The topological polar surface area (TPSA) is 96.0 Å². The zero-order chi connectivity index (χ0) is 29.3. The molecule has 0 aliphatic heterocycles. The third kappa shape index (κ3) is 8.47. The van der Waals surface area contributed by atoms with E-state index >= 15 is 0 Å². The van der Waals surface area contributed by atoms with E-state index in [-0.39, 0.29) is 35.6 Å². The molecule has 0 saturated heterocycles. The minimum atomic E-state index is -3.90. The van der Waals surface area contributed by atoms with E-state index in [9.17, 15) is 18.0 Å². The molecular weight excluding hydrogens is 550 g/mol. The third-order valence-electron chi connectivity index (χ3n) is 6.57. The molecule has 0 aliphatic carbocycles. The van der Waals surface area contributed by atoms with Crippen LogP contribution in [0.15, 0.2) is 78.9 Å². The number of carbonyl (C=O) groups excluding carboxylic acids is 2. The Balaban J connectivity index is 2.05. The zero-order valence-corrected chi connectivity index (χ0v) is 24.8. The van der Waals surface area contributed by atoms with Gasteiger partial charge >= 0.3 is 0 Å². The molecule has 3 rings (SSSR count). The first kappa shape index (κ1) is 31.0. The lowest BCUT2D eigenvalue weighted by atomic mass is 10.0. The molecule has 3 aromatic carbocycles. The summed E-state index contributed by atoms with van der Waals surface area (Å²) in [6, 6.07) is 22.3. The summed E-state index contributed by atoms with van der Waals surface area (Å²) in [7, 11) is -2.44. The number of hydrogen-bond acceptors (Lipinski definition) is 5. The van der Waals surface area contributed by atoms with Gasteiger partial charge in [0.05, 0.1) is 24.1 Å². The molecule has 0 saturated carbocycles. The number of methoxy groups -OCH3 is 1. The van der Waals surface area contributed by atoms with Gasteiger partial charge in [0.25, 0.3) is 0 Å². The number of nitrogens with one attached hydrogen (secondary N) is 1. The predicted molar refractivity (Wildman–Crippen MR) is 159 cm³/mol. The average Bonchev–Trinajstić information content (AvgIpc) is 2.93. The van der Waals surface area contributed by atoms with Crippen LogP contribution in [0.4, 0.5) is 5.69 Å². The highest BCUT2D eigenvalue weighted by Gasteiger charge is 2.33. The second-order valence-corrected chi connectivity index (χ2v) is 11.9. The second-order valence-electron chi connectivity index (χ2n) is 9.62. The molecule has 214 valence electrons. The van der Waals surface area contributed by atoms with Gasteiger partial charge in [-0.15, -0.1) is 0 Å². The van der Waals surface area contributed by atoms with E-state index in [4.69, 9.17) is 16.3 Å². The van der Waals surface area contributed by atoms with Crippen molar-refractivity contribution in [3.63, 3.8) is 0 Å². The number of sulfonamides is 1. The normalized spacial score (nSPS) is 12.7. The average molecular weight is 586 g/mol. The fraction of sp³-hybridized carbons (Fsp3) is 0.333. The van der Waals surface area contributed by atoms with Gasteiger partial charge in [-0.1, -0.05) is 79.2 Å². The minimum absolute atomic E-state index is 0.103. The van der Waals surface area contributed by atoms with E-state index in [0.29, 0.717) is 5.75 Å². The predicted octanol–water partition coefficient (Wildman–Crippen LogP) is 4.67. The fourth-order valence-electron chi connectivity index (χ4n) is 4.20. The highest BCUT2D eigenvalue weighted by molar-refractivity contribution is 7.92. The van der Waals surface area contributed by atoms with Crippen LogP contribution >= 0.6 is 11.6 Å². The van der Waals surface area contributed by atoms with Crippen LogP contribution in [0.1, 0.15) is 31.4 Å². The Hall–Kier alpha value is -3.56. The van der Waals surface area contributed by atoms with E-state index in [1.165, 1.54) is 24.1 Å². The zero-order valence-electron chi connectivity index (χ0n) is 23.2. The van der Waals surface area contributed by atoms with Gasteiger partial charge in [0.1, 0.15) is 18.3 Å². The van der Waals surface area contributed by atoms with Crippen molar-refractivity contribution < 1.29 is 22.7 Å². The van der Waals surface area contributed by atoms with Gasteiger partial charge in [-0.2, -0.15) is 0 Å². The molecule has 0 bridgehead atoms. The molecule has 0 radical (unpaired) electrons. The Labute approximate surface area is 241 Å². The summed E-state index contributed by atoms with van der Waals surface area (Å²) in [5, 5.41) is 3.22. The number of carbonyl (C=O) groups is 2. The van der Waals surface area contributed by atoms with E-state index in [0.717, 1.165) is 28.1 Å². The lowest BCUT2D eigenvalue weighted by Crippen LogP contribution is -2.54. The van der Waals surface area contributed by atoms with Crippen LogP contribution in [0.25, 0.3) is 0 Å². The van der Waals surface area contributed by atoms with E-state index in [2.05, 4.69) is 5.32 Å². The van der Waals surface area contributed by atoms with Crippen LogP contribution in [-0.2, 0) is 32.6 Å². The van der Waals surface area contributed by atoms with Crippen LogP contribution in [0.2, 0.25) is 5.02 Å². The number of rotatable bonds is 13. The van der Waals surface area contributed by atoms with E-state index in [1.807, 2.05) is 74.5 Å². The molecule has 0 unspecified atom stereocenters. The Morgan fingerprint density at radius 3 is 2.10 bits per heavy atom. The monoisotopic (exact) mass is 585 g/mol. The molecule has 0 fully saturated rings. The van der Waals surface area contributed by atoms with Crippen LogP contribution in [0.3, 0.4) is 0 Å². The molecule has 2 atom stereocenters. The van der Waals surface area contributed by atoms with Gasteiger partial charge < -0.3 is 15.0 Å². The van der Waals surface area contributed by atoms with Crippen LogP contribution in [0.5, 0.6) is 5.75 Å². The van der Waals surface area contributed by atoms with Gasteiger partial charge in [-0.05, 0) is 42.7 Å². The van der Waals surface area contributed by atoms with Crippen molar-refractivity contribution in [1.29, 1.82) is 0 Å². The summed E-state index contributed by atoms with van der Waals surface area (Å²) in [5.74, 6) is -0.456. The summed E-state index contributed by atoms with van der Waals surface area (Å²) < 4.78 is 32.0. The van der Waals surface area contributed by atoms with Gasteiger partial charge in [-0.3, -0.25) is 13.9 Å². The van der Waals surface area contributed by atoms with Gasteiger partial charge in [0, 0.05) is 19.0 Å². The molecular formula is C30H36ClN3O5S. The van der Waals surface area contributed by atoms with E-state index in [1.54, 1.807) is 6.07 Å². The number of hydrogen-bond donors (Lipinski definition) is 1. The molecule has 1 N–H and O–H groups in total. The smallest absolute Gasteiger partial charge is 0.244 e. The lowest BCUT2D eigenvalue weighted by molar-refractivity contribution is -0.140. The Morgan fingerprint density at radius 1 is 0.975 bits per heavy atom. The molecule has 2 amide bonds. The fourth-order valence-corrected chi connectivity index (χ4v) is 5.29. The molecule has 0 spiro atoms. The quantitative estimate of drug-likeness (QED) is 0.314. The van der Waals surface area contributed by atoms with Gasteiger partial charge in [0.15, 0.2) is 0 Å². The molecule has 40 heavy (non-hydrogen) atoms. The number of nitrogens with zero attached hydrogens (tertiary/aromatic N) is 2. The van der Waals surface area contributed by atoms with Crippen molar-refractivity contribution in [2.45, 2.75) is 45.3 Å². The molecule has 3 aromatic rings. The van der Waals surface area contributed by atoms with Gasteiger partial charge in [0.2, 0.25) is 21.8 Å². The third-order valence-corrected chi connectivity index (χ3v) is 8.01. The lowest BCUT2D eigenvalue weighted by Gasteiger charge is -2.34. The summed E-state index contributed by atoms with van der Waals surface area (Å²) in [4.78, 5) is 29.2. The molecule has 0 aromatic heterocycles. The number of anilines is 1. The standard InChI is InChI=1S/C30H36ClN3O5S/c1-5-22(2)32-30(36)27(18-23-12-8-6-9-13-23)33(20-24-14-10-7-11-15-24)29(35)21-34(40(4,37)38)25-16-17-28(39-3)26(31)19-25/h6-17,19,22,27H,5,18,20-21H2,1-4H3,(H,32,36)/t22-,27-/m0/s1. The van der Waals surface area contributed by atoms with Crippen molar-refractivity contribution >= 4 is 39.1 Å². The van der Waals surface area contributed by atoms with Crippen molar-refractivity contribution in [1.82, 2.24) is 10.2 Å². The maximum absolute atomic E-state index is 14.1. The number of benzene rings is 3. The van der Waals surface area contributed by atoms with Crippen molar-refractivity contribution in [2.24, 2.45) is 0 Å². The first-order chi connectivity index (χ1) is 19.0. The molecule has 8 nitrogen and oxygen atoms in total. The van der Waals surface area contributed by atoms with Crippen molar-refractivity contribution in [3.05, 3.63) is 95.0 Å². The maximum atomic E-state index is 14.1. The van der Waals surface area contributed by atoms with Crippen LogP contribution in [-0.4, -0.2) is 57.1 Å². The summed E-state index contributed by atoms with van der Waals surface area (Å²) >= 11 is 6.28. The first-order valence-electron chi connectivity index (χ1n) is 13.0. The van der Waals surface area contributed by atoms with Crippen molar-refractivity contribution in [3.8, 4) is 5.75 Å². The summed E-state index contributed by atoms with van der Waals surface area (Å²) in [5.41, 5.74) is 1.90. The maximum Gasteiger partial charge on any atom is 0.244 e. The Morgan fingerprint density at radius 2 is 1.57 bits per heavy atom. The van der Waals surface area contributed by atoms with Crippen LogP contribution in [0, 0.1) is 0 Å². The highest BCUT2D eigenvalue weighted by Crippen LogP contribution is 2.30. The van der Waals surface area contributed by atoms with Crippen molar-refractivity contribution in [2.75, 3.05) is 24.2 Å². The molecule has 0 heterocycles. The van der Waals surface area contributed by atoms with Crippen LogP contribution < -0.4 is 14.4 Å². The largest absolute Gasteiger partial charge is 0.495 e. The van der Waals surface area contributed by atoms with Gasteiger partial charge in [-0.25, -0.2) is 8.42 Å². The van der Waals surface area contributed by atoms with E-state index < -0.39 is 28.5 Å². The Kier molecular flexibility index (Phi) is 11.0. The Bertz CT molecular complexity index is 1390. The second kappa shape index (κ2) is 14.2. The number of halogens is 1. The summed E-state index contributed by atoms with van der Waals surface area (Å²) in [6.07, 6.45) is 2.00. The molecule has 10 heteroatoms. The SMILES string of the molecule is CC[C@H](C)NC(=O)[C@H](Cc1ccccc1)N(Cc1ccccc1)C(=O)CN(c1ccc(OC)c(Cl)c1)S(C)(=O)=O. The first-order valence-corrected chi connectivity index (χ1v) is 15.2. The molecule has 0 aliphatic rings. The number of ether oxygens (including phenoxy) is 1. The summed E-state index contributed by atoms with van der Waals surface area (Å²) in [6.45, 7) is 3.47. The number of amides is 2. The highest BCUT2D eigenvalue weighted by atomic mass is 35.5.